The van der Waals surface area contributed by atoms with Gasteiger partial charge in [0.15, 0.2) is 5.82 Å². The van der Waals surface area contributed by atoms with Crippen molar-refractivity contribution in [1.29, 1.82) is 5.26 Å². The smallest absolute Gasteiger partial charge is 0.413 e. The molecule has 0 saturated carbocycles. The molecule has 1 amide bonds. The number of rotatable bonds is 5. The fraction of sp³-hybridized carbons (Fsp3) is 0.0556. The molecule has 2 aromatic carbocycles. The molecule has 9 nitrogen and oxygen atoms in total. The minimum Gasteiger partial charge on any atom is -0.444 e. The van der Waals surface area contributed by atoms with E-state index in [1.54, 1.807) is 18.2 Å². The maximum atomic E-state index is 12.1. The molecule has 0 aliphatic rings. The molecule has 0 aliphatic heterocycles. The van der Waals surface area contributed by atoms with Crippen LogP contribution in [0.2, 0.25) is 0 Å². The van der Waals surface area contributed by atoms with Crippen molar-refractivity contribution in [2.45, 2.75) is 6.61 Å². The Morgan fingerprint density at radius 3 is 2.63 bits per heavy atom. The molecule has 0 bridgehead atoms. The zero-order valence-electron chi connectivity index (χ0n) is 13.9. The zero-order valence-corrected chi connectivity index (χ0v) is 13.9. The largest absolute Gasteiger partial charge is 0.444 e. The Hall–Kier alpha value is -4.19. The molecular weight excluding hydrogens is 350 g/mol. The van der Waals surface area contributed by atoms with Crippen LogP contribution in [0.3, 0.4) is 0 Å². The molecule has 9 heteroatoms. The Kier molecular flexibility index (Phi) is 5.09. The molecule has 1 aromatic heterocycles. The Bertz CT molecular complexity index is 1020. The lowest BCUT2D eigenvalue weighted by Gasteiger charge is -2.10. The molecule has 0 radical (unpaired) electrons. The second-order valence-corrected chi connectivity index (χ2v) is 5.36. The number of nitriles is 1. The second-order valence-electron chi connectivity index (χ2n) is 5.36. The standard InChI is InChI=1S/C18H13N5O4/c19-10-14-11-20-22(15-8-4-5-9-16(15)23(25)26)17(14)21-18(24)27-12-13-6-2-1-3-7-13/h1-9,11H,12H2,(H,21,24). The number of anilines is 1. The van der Waals surface area contributed by atoms with Crippen molar-refractivity contribution in [2.24, 2.45) is 0 Å². The number of nitro benzene ring substituents is 1. The molecule has 0 atom stereocenters. The molecule has 0 saturated heterocycles. The highest BCUT2D eigenvalue weighted by Crippen LogP contribution is 2.27. The van der Waals surface area contributed by atoms with Crippen LogP contribution < -0.4 is 5.32 Å². The Morgan fingerprint density at radius 1 is 1.22 bits per heavy atom. The molecule has 1 heterocycles. The van der Waals surface area contributed by atoms with Gasteiger partial charge in [0.1, 0.15) is 23.9 Å². The summed E-state index contributed by atoms with van der Waals surface area (Å²) in [7, 11) is 0. The minimum atomic E-state index is -0.810. The van der Waals surface area contributed by atoms with Crippen LogP contribution in [0.4, 0.5) is 16.3 Å². The van der Waals surface area contributed by atoms with E-state index >= 15 is 0 Å². The van der Waals surface area contributed by atoms with E-state index in [-0.39, 0.29) is 29.4 Å². The van der Waals surface area contributed by atoms with Crippen molar-refractivity contribution in [3.8, 4) is 11.8 Å². The number of nitrogens with one attached hydrogen (secondary N) is 1. The summed E-state index contributed by atoms with van der Waals surface area (Å²) in [6.45, 7) is 0.0359. The average Bonchev–Trinajstić information content (AvgIpc) is 3.09. The summed E-state index contributed by atoms with van der Waals surface area (Å²) in [5.74, 6) is -0.00939. The molecular formula is C18H13N5O4. The summed E-state index contributed by atoms with van der Waals surface area (Å²) in [6.07, 6.45) is 0.402. The topological polar surface area (TPSA) is 123 Å². The Balaban J connectivity index is 1.86. The van der Waals surface area contributed by atoms with Gasteiger partial charge in [0.25, 0.3) is 5.69 Å². The van der Waals surface area contributed by atoms with E-state index in [1.807, 2.05) is 24.3 Å². The van der Waals surface area contributed by atoms with Crippen LogP contribution in [0.25, 0.3) is 5.69 Å². The fourth-order valence-corrected chi connectivity index (χ4v) is 2.39. The van der Waals surface area contributed by atoms with Gasteiger partial charge in [0.2, 0.25) is 0 Å². The highest BCUT2D eigenvalue weighted by molar-refractivity contribution is 5.86. The van der Waals surface area contributed by atoms with E-state index in [2.05, 4.69) is 10.4 Å². The van der Waals surface area contributed by atoms with Crippen molar-refractivity contribution in [3.63, 3.8) is 0 Å². The van der Waals surface area contributed by atoms with Crippen LogP contribution in [0.1, 0.15) is 11.1 Å². The van der Waals surface area contributed by atoms with Crippen LogP contribution in [0.15, 0.2) is 60.8 Å². The molecule has 1 N–H and O–H groups in total. The Morgan fingerprint density at radius 2 is 1.93 bits per heavy atom. The molecule has 0 aliphatic carbocycles. The van der Waals surface area contributed by atoms with Crippen LogP contribution in [-0.4, -0.2) is 20.8 Å². The van der Waals surface area contributed by atoms with E-state index in [0.29, 0.717) is 0 Å². The molecule has 3 aromatic rings. The number of amides is 1. The van der Waals surface area contributed by atoms with Gasteiger partial charge < -0.3 is 4.74 Å². The first-order valence-corrected chi connectivity index (χ1v) is 7.79. The number of benzene rings is 2. The summed E-state index contributed by atoms with van der Waals surface area (Å²) in [5, 5.41) is 26.9. The summed E-state index contributed by atoms with van der Waals surface area (Å²) >= 11 is 0. The van der Waals surface area contributed by atoms with Crippen LogP contribution in [0, 0.1) is 21.4 Å². The van der Waals surface area contributed by atoms with Crippen molar-refractivity contribution in [2.75, 3.05) is 5.32 Å². The molecule has 0 spiro atoms. The SMILES string of the molecule is N#Cc1cnn(-c2ccccc2[N+](=O)[O-])c1NC(=O)OCc1ccccc1. The monoisotopic (exact) mass is 363 g/mol. The van der Waals surface area contributed by atoms with Gasteiger partial charge in [0.05, 0.1) is 11.1 Å². The van der Waals surface area contributed by atoms with Gasteiger partial charge in [-0.1, -0.05) is 42.5 Å². The lowest BCUT2D eigenvalue weighted by molar-refractivity contribution is -0.384. The van der Waals surface area contributed by atoms with Crippen molar-refractivity contribution in [3.05, 3.63) is 82.0 Å². The summed E-state index contributed by atoms with van der Waals surface area (Å²) in [5.41, 5.74) is 0.735. The number of hydrogen-bond acceptors (Lipinski definition) is 6. The molecule has 134 valence electrons. The van der Waals surface area contributed by atoms with Gasteiger partial charge in [-0.2, -0.15) is 10.4 Å². The van der Waals surface area contributed by atoms with Crippen LogP contribution in [0.5, 0.6) is 0 Å². The van der Waals surface area contributed by atoms with E-state index in [9.17, 15) is 20.2 Å². The summed E-state index contributed by atoms with van der Waals surface area (Å²) in [4.78, 5) is 22.8. The minimum absolute atomic E-state index is 0.00939. The number of ether oxygens (including phenoxy) is 1. The van der Waals surface area contributed by atoms with E-state index < -0.39 is 11.0 Å². The van der Waals surface area contributed by atoms with E-state index in [1.165, 1.54) is 24.4 Å². The average molecular weight is 363 g/mol. The molecule has 27 heavy (non-hydrogen) atoms. The normalized spacial score (nSPS) is 10.0. The van der Waals surface area contributed by atoms with Gasteiger partial charge in [-0.25, -0.2) is 9.48 Å². The maximum Gasteiger partial charge on any atom is 0.413 e. The van der Waals surface area contributed by atoms with Crippen molar-refractivity contribution in [1.82, 2.24) is 9.78 Å². The van der Waals surface area contributed by atoms with E-state index in [4.69, 9.17) is 4.74 Å². The first-order valence-electron chi connectivity index (χ1n) is 7.79. The van der Waals surface area contributed by atoms with Crippen LogP contribution >= 0.6 is 0 Å². The number of nitrogens with zero attached hydrogens (tertiary/aromatic N) is 4. The molecule has 3 rings (SSSR count). The number of aromatic nitrogens is 2. The third-order valence-corrected chi connectivity index (χ3v) is 3.63. The van der Waals surface area contributed by atoms with Gasteiger partial charge in [-0.05, 0) is 11.6 Å². The van der Waals surface area contributed by atoms with Crippen molar-refractivity contribution >= 4 is 17.6 Å². The predicted molar refractivity (Wildman–Crippen MR) is 95.2 cm³/mol. The molecule has 0 unspecified atom stereocenters. The number of carbonyl (C=O) groups is 1. The number of para-hydroxylation sites is 2. The Labute approximate surface area is 153 Å². The second kappa shape index (κ2) is 7.79. The van der Waals surface area contributed by atoms with Crippen LogP contribution in [-0.2, 0) is 11.3 Å². The van der Waals surface area contributed by atoms with Crippen molar-refractivity contribution < 1.29 is 14.5 Å². The third kappa shape index (κ3) is 3.91. The molecule has 0 fully saturated rings. The predicted octanol–water partition coefficient (Wildman–Crippen LogP) is 3.40. The fourth-order valence-electron chi connectivity index (χ4n) is 2.39. The summed E-state index contributed by atoms with van der Waals surface area (Å²) in [6, 6.07) is 16.8. The first kappa shape index (κ1) is 17.6. The van der Waals surface area contributed by atoms with Gasteiger partial charge in [-0.15, -0.1) is 0 Å². The summed E-state index contributed by atoms with van der Waals surface area (Å²) < 4.78 is 6.26. The van der Waals surface area contributed by atoms with E-state index in [0.717, 1.165) is 10.2 Å². The number of carbonyl (C=O) groups excluding carboxylic acids is 1. The number of nitro groups is 1. The zero-order chi connectivity index (χ0) is 19.2. The number of hydrogen-bond donors (Lipinski definition) is 1. The van der Waals surface area contributed by atoms with Gasteiger partial charge in [0, 0.05) is 6.07 Å². The van der Waals surface area contributed by atoms with Gasteiger partial charge in [-0.3, -0.25) is 15.4 Å². The lowest BCUT2D eigenvalue weighted by Crippen LogP contribution is -2.17. The van der Waals surface area contributed by atoms with Gasteiger partial charge >= 0.3 is 6.09 Å². The lowest BCUT2D eigenvalue weighted by atomic mass is 10.2. The first-order chi connectivity index (χ1) is 13.1. The maximum absolute atomic E-state index is 12.1. The third-order valence-electron chi connectivity index (χ3n) is 3.63. The highest BCUT2D eigenvalue weighted by Gasteiger charge is 2.21. The highest BCUT2D eigenvalue weighted by atomic mass is 16.6. The quantitative estimate of drug-likeness (QED) is 0.547.